The van der Waals surface area contributed by atoms with Gasteiger partial charge in [-0.15, -0.1) is 0 Å². The Morgan fingerprint density at radius 1 is 1.48 bits per heavy atom. The van der Waals surface area contributed by atoms with Gasteiger partial charge in [-0.1, -0.05) is 11.6 Å². The summed E-state index contributed by atoms with van der Waals surface area (Å²) < 4.78 is 3.48. The molecule has 0 aliphatic heterocycles. The Morgan fingerprint density at radius 3 is 2.71 bits per heavy atom. The van der Waals surface area contributed by atoms with Crippen molar-refractivity contribution in [2.45, 2.75) is 46.8 Å². The van der Waals surface area contributed by atoms with Crippen LogP contribution in [0, 0.1) is 13.8 Å². The molecule has 0 aliphatic carbocycles. The minimum atomic E-state index is -0.404. The van der Waals surface area contributed by atoms with E-state index in [0.717, 1.165) is 23.5 Å². The highest BCUT2D eigenvalue weighted by molar-refractivity contribution is 6.31. The van der Waals surface area contributed by atoms with Gasteiger partial charge in [0.1, 0.15) is 6.04 Å². The molecule has 2 heterocycles. The summed E-state index contributed by atoms with van der Waals surface area (Å²) >= 11 is 5.96. The summed E-state index contributed by atoms with van der Waals surface area (Å²) in [5.74, 6) is -0.0958. The Morgan fingerprint density at radius 2 is 2.19 bits per heavy atom. The molecule has 0 fully saturated rings. The van der Waals surface area contributed by atoms with Crippen molar-refractivity contribution in [3.05, 3.63) is 34.4 Å². The molecule has 1 atom stereocenters. The van der Waals surface area contributed by atoms with Gasteiger partial charge in [0.2, 0.25) is 5.91 Å². The van der Waals surface area contributed by atoms with Gasteiger partial charge in [-0.3, -0.25) is 14.2 Å². The van der Waals surface area contributed by atoms with E-state index in [0.29, 0.717) is 11.6 Å². The summed E-state index contributed by atoms with van der Waals surface area (Å²) in [4.78, 5) is 12.2. The molecule has 1 amide bonds. The molecule has 0 saturated carbocycles. The largest absolute Gasteiger partial charge is 0.350 e. The Labute approximate surface area is 129 Å². The monoisotopic (exact) mass is 309 g/mol. The standard InChI is InChI=1S/C14H20ClN5O/c1-5-19-8-12(9(2)18-19)6-16-14(21)11(4)20-10(3)13(15)7-17-20/h7-8,11H,5-6H2,1-4H3,(H,16,21). The molecule has 6 nitrogen and oxygen atoms in total. The molecule has 2 aromatic heterocycles. The van der Waals surface area contributed by atoms with Crippen molar-refractivity contribution in [2.75, 3.05) is 0 Å². The van der Waals surface area contributed by atoms with E-state index >= 15 is 0 Å². The third-order valence-electron chi connectivity index (χ3n) is 3.56. The fourth-order valence-electron chi connectivity index (χ4n) is 2.13. The van der Waals surface area contributed by atoms with Crippen molar-refractivity contribution >= 4 is 17.5 Å². The van der Waals surface area contributed by atoms with Crippen LogP contribution in [-0.4, -0.2) is 25.5 Å². The molecule has 114 valence electrons. The lowest BCUT2D eigenvalue weighted by Gasteiger charge is -2.14. The molecule has 7 heteroatoms. The third kappa shape index (κ3) is 3.26. The summed E-state index contributed by atoms with van der Waals surface area (Å²) in [6, 6.07) is -0.404. The highest BCUT2D eigenvalue weighted by Crippen LogP contribution is 2.17. The molecule has 0 bridgehead atoms. The lowest BCUT2D eigenvalue weighted by atomic mass is 10.2. The van der Waals surface area contributed by atoms with Crippen molar-refractivity contribution in [1.29, 1.82) is 0 Å². The number of nitrogens with one attached hydrogen (secondary N) is 1. The fraction of sp³-hybridized carbons (Fsp3) is 0.500. The zero-order chi connectivity index (χ0) is 15.6. The van der Waals surface area contributed by atoms with Crippen LogP contribution < -0.4 is 5.32 Å². The maximum Gasteiger partial charge on any atom is 0.244 e. The number of carbonyl (C=O) groups excluding carboxylic acids is 1. The normalized spacial score (nSPS) is 12.4. The van der Waals surface area contributed by atoms with Crippen molar-refractivity contribution < 1.29 is 4.79 Å². The Bertz CT molecular complexity index is 646. The zero-order valence-electron chi connectivity index (χ0n) is 12.7. The molecule has 0 aliphatic rings. The number of nitrogens with zero attached hydrogens (tertiary/aromatic N) is 4. The molecule has 21 heavy (non-hydrogen) atoms. The molecular formula is C14H20ClN5O. The first kappa shape index (κ1) is 15.6. The predicted octanol–water partition coefficient (Wildman–Crippen LogP) is 2.25. The van der Waals surface area contributed by atoms with Crippen LogP contribution in [0.15, 0.2) is 12.4 Å². The molecule has 2 aromatic rings. The molecule has 0 radical (unpaired) electrons. The van der Waals surface area contributed by atoms with Crippen LogP contribution in [0.1, 0.15) is 36.8 Å². The van der Waals surface area contributed by atoms with Gasteiger partial charge in [0.05, 0.1) is 22.6 Å². The molecule has 0 spiro atoms. The van der Waals surface area contributed by atoms with Gasteiger partial charge in [0, 0.05) is 24.8 Å². The number of hydrogen-bond donors (Lipinski definition) is 1. The molecule has 0 aromatic carbocycles. The van der Waals surface area contributed by atoms with Crippen molar-refractivity contribution in [3.8, 4) is 0 Å². The smallest absolute Gasteiger partial charge is 0.244 e. The van der Waals surface area contributed by atoms with Crippen LogP contribution in [0.25, 0.3) is 0 Å². The quantitative estimate of drug-likeness (QED) is 0.921. The van der Waals surface area contributed by atoms with Crippen molar-refractivity contribution in [1.82, 2.24) is 24.9 Å². The van der Waals surface area contributed by atoms with Gasteiger partial charge >= 0.3 is 0 Å². The van der Waals surface area contributed by atoms with Gasteiger partial charge in [0.15, 0.2) is 0 Å². The summed E-state index contributed by atoms with van der Waals surface area (Å²) in [5.41, 5.74) is 2.74. The van der Waals surface area contributed by atoms with E-state index in [9.17, 15) is 4.79 Å². The summed E-state index contributed by atoms with van der Waals surface area (Å²) in [7, 11) is 0. The molecular weight excluding hydrogens is 290 g/mol. The number of halogens is 1. The second-order valence-electron chi connectivity index (χ2n) is 5.01. The van der Waals surface area contributed by atoms with Crippen molar-refractivity contribution in [2.24, 2.45) is 0 Å². The number of carbonyl (C=O) groups is 1. The van der Waals surface area contributed by atoms with Crippen LogP contribution in [0.4, 0.5) is 0 Å². The van der Waals surface area contributed by atoms with Gasteiger partial charge in [-0.25, -0.2) is 0 Å². The summed E-state index contributed by atoms with van der Waals surface area (Å²) in [6.07, 6.45) is 3.51. The first-order valence-corrected chi connectivity index (χ1v) is 7.32. The molecule has 2 rings (SSSR count). The average Bonchev–Trinajstić information content (AvgIpc) is 2.99. The minimum Gasteiger partial charge on any atom is -0.350 e. The molecule has 0 saturated heterocycles. The SMILES string of the molecule is CCn1cc(CNC(=O)C(C)n2ncc(Cl)c2C)c(C)n1. The van der Waals surface area contributed by atoms with E-state index in [4.69, 9.17) is 11.6 Å². The van der Waals surface area contributed by atoms with Gasteiger partial charge < -0.3 is 5.32 Å². The predicted molar refractivity (Wildman–Crippen MR) is 81.2 cm³/mol. The van der Waals surface area contributed by atoms with Gasteiger partial charge in [-0.2, -0.15) is 10.2 Å². The zero-order valence-corrected chi connectivity index (χ0v) is 13.5. The van der Waals surface area contributed by atoms with Crippen LogP contribution in [0.3, 0.4) is 0 Å². The van der Waals surface area contributed by atoms with Gasteiger partial charge in [-0.05, 0) is 27.7 Å². The Kier molecular flexibility index (Phi) is 4.67. The first-order chi connectivity index (χ1) is 9.93. The Hall–Kier alpha value is -1.82. The fourth-order valence-corrected chi connectivity index (χ4v) is 2.26. The highest BCUT2D eigenvalue weighted by atomic mass is 35.5. The first-order valence-electron chi connectivity index (χ1n) is 6.94. The van der Waals surface area contributed by atoms with E-state index in [1.807, 2.05) is 31.6 Å². The third-order valence-corrected chi connectivity index (χ3v) is 3.93. The number of aromatic nitrogens is 4. The van der Waals surface area contributed by atoms with Gasteiger partial charge in [0.25, 0.3) is 0 Å². The number of rotatable bonds is 5. The minimum absolute atomic E-state index is 0.0958. The highest BCUT2D eigenvalue weighted by Gasteiger charge is 2.18. The topological polar surface area (TPSA) is 64.7 Å². The van der Waals surface area contributed by atoms with Crippen LogP contribution in [0.5, 0.6) is 0 Å². The van der Waals surface area contributed by atoms with E-state index in [2.05, 4.69) is 15.5 Å². The lowest BCUT2D eigenvalue weighted by Crippen LogP contribution is -2.31. The number of hydrogen-bond acceptors (Lipinski definition) is 3. The second-order valence-corrected chi connectivity index (χ2v) is 5.42. The van der Waals surface area contributed by atoms with E-state index < -0.39 is 6.04 Å². The van der Waals surface area contributed by atoms with Crippen LogP contribution >= 0.6 is 11.6 Å². The second kappa shape index (κ2) is 6.30. The van der Waals surface area contributed by atoms with Crippen LogP contribution in [-0.2, 0) is 17.9 Å². The van der Waals surface area contributed by atoms with Crippen molar-refractivity contribution in [3.63, 3.8) is 0 Å². The summed E-state index contributed by atoms with van der Waals surface area (Å²) in [5, 5.41) is 12.0. The maximum absolute atomic E-state index is 12.2. The summed E-state index contributed by atoms with van der Waals surface area (Å²) in [6.45, 7) is 8.89. The van der Waals surface area contributed by atoms with Crippen LogP contribution in [0.2, 0.25) is 5.02 Å². The average molecular weight is 310 g/mol. The van der Waals surface area contributed by atoms with E-state index in [1.54, 1.807) is 17.8 Å². The maximum atomic E-state index is 12.2. The number of aryl methyl sites for hydroxylation is 2. The lowest BCUT2D eigenvalue weighted by molar-refractivity contribution is -0.124. The van der Waals surface area contributed by atoms with E-state index in [-0.39, 0.29) is 5.91 Å². The Balaban J connectivity index is 2.01. The molecule has 1 N–H and O–H groups in total. The number of amides is 1. The van der Waals surface area contributed by atoms with E-state index in [1.165, 1.54) is 0 Å². The molecule has 1 unspecified atom stereocenters.